The Morgan fingerprint density at radius 1 is 1.43 bits per heavy atom. The van der Waals surface area contributed by atoms with Crippen molar-refractivity contribution in [1.29, 1.82) is 0 Å². The Kier molecular flexibility index (Phi) is 3.26. The van der Waals surface area contributed by atoms with E-state index in [0.717, 1.165) is 29.7 Å². The van der Waals surface area contributed by atoms with Gasteiger partial charge in [0, 0.05) is 0 Å². The molecule has 4 heteroatoms. The first-order valence-corrected chi connectivity index (χ1v) is 5.69. The molecule has 2 rings (SSSR count). The highest BCUT2D eigenvalue weighted by Crippen LogP contribution is 2.35. The van der Waals surface area contributed by atoms with Crippen molar-refractivity contribution < 1.29 is 9.15 Å². The highest BCUT2D eigenvalue weighted by molar-refractivity contribution is 9.10. The zero-order chi connectivity index (χ0) is 9.97. The molecule has 2 N–H and O–H groups in total. The van der Waals surface area contributed by atoms with E-state index in [1.54, 1.807) is 0 Å². The fourth-order valence-electron chi connectivity index (χ4n) is 1.81. The van der Waals surface area contributed by atoms with E-state index in [4.69, 9.17) is 14.9 Å². The minimum atomic E-state index is 0.123. The van der Waals surface area contributed by atoms with Crippen molar-refractivity contribution >= 4 is 15.9 Å². The molecule has 1 aliphatic rings. The highest BCUT2D eigenvalue weighted by Gasteiger charge is 2.27. The summed E-state index contributed by atoms with van der Waals surface area (Å²) in [6.45, 7) is 0.694. The molecule has 14 heavy (non-hydrogen) atoms. The van der Waals surface area contributed by atoms with Crippen LogP contribution in [0.2, 0.25) is 0 Å². The van der Waals surface area contributed by atoms with Gasteiger partial charge in [0.25, 0.3) is 0 Å². The Labute approximate surface area is 91.7 Å². The maximum absolute atomic E-state index is 5.81. The van der Waals surface area contributed by atoms with Crippen LogP contribution in [0.1, 0.15) is 31.1 Å². The van der Waals surface area contributed by atoms with Gasteiger partial charge in [0.2, 0.25) is 0 Å². The summed E-state index contributed by atoms with van der Waals surface area (Å²) in [7, 11) is 0. The van der Waals surface area contributed by atoms with Gasteiger partial charge in [-0.05, 0) is 53.9 Å². The molecule has 1 aromatic heterocycles. The molecule has 2 heterocycles. The van der Waals surface area contributed by atoms with Gasteiger partial charge in [-0.15, -0.1) is 0 Å². The largest absolute Gasteiger partial charge is 0.452 e. The topological polar surface area (TPSA) is 48.4 Å². The normalized spacial score (nSPS) is 27.0. The van der Waals surface area contributed by atoms with Gasteiger partial charge in [0.05, 0.1) is 6.10 Å². The summed E-state index contributed by atoms with van der Waals surface area (Å²) in [6.07, 6.45) is 3.50. The van der Waals surface area contributed by atoms with Gasteiger partial charge in [-0.25, -0.2) is 0 Å². The first-order chi connectivity index (χ1) is 6.79. The van der Waals surface area contributed by atoms with E-state index in [1.807, 2.05) is 12.1 Å². The lowest BCUT2D eigenvalue weighted by atomic mass is 10.1. The monoisotopic (exact) mass is 259 g/mol. The first-order valence-electron chi connectivity index (χ1n) is 4.90. The Bertz CT molecular complexity index is 300. The van der Waals surface area contributed by atoms with E-state index < -0.39 is 0 Å². The Morgan fingerprint density at radius 3 is 2.93 bits per heavy atom. The molecule has 78 valence electrons. The summed E-state index contributed by atoms with van der Waals surface area (Å²) in [5, 5.41) is 0. The van der Waals surface area contributed by atoms with Crippen molar-refractivity contribution in [3.05, 3.63) is 22.6 Å². The van der Waals surface area contributed by atoms with Crippen molar-refractivity contribution in [3.63, 3.8) is 0 Å². The molecule has 1 saturated heterocycles. The summed E-state index contributed by atoms with van der Waals surface area (Å²) in [5.41, 5.74) is 5.49. The Morgan fingerprint density at radius 2 is 2.29 bits per heavy atom. The molecular weight excluding hydrogens is 246 g/mol. The number of ether oxygens (including phenoxy) is 1. The second-order valence-electron chi connectivity index (χ2n) is 3.54. The molecule has 2 atom stereocenters. The molecule has 0 aromatic carbocycles. The average molecular weight is 260 g/mol. The molecule has 3 nitrogen and oxygen atoms in total. The molecule has 1 aliphatic heterocycles. The van der Waals surface area contributed by atoms with Crippen molar-refractivity contribution in [2.75, 3.05) is 6.54 Å². The fraction of sp³-hybridized carbons (Fsp3) is 0.600. The van der Waals surface area contributed by atoms with Crippen LogP contribution in [0.4, 0.5) is 0 Å². The van der Waals surface area contributed by atoms with Crippen LogP contribution in [0, 0.1) is 0 Å². The molecule has 0 bridgehead atoms. The van der Waals surface area contributed by atoms with Gasteiger partial charge in [0.15, 0.2) is 4.67 Å². The quantitative estimate of drug-likeness (QED) is 0.908. The van der Waals surface area contributed by atoms with Gasteiger partial charge >= 0.3 is 0 Å². The van der Waals surface area contributed by atoms with Crippen LogP contribution in [-0.2, 0) is 4.74 Å². The lowest BCUT2D eigenvalue weighted by Crippen LogP contribution is -2.12. The van der Waals surface area contributed by atoms with Crippen LogP contribution < -0.4 is 5.73 Å². The summed E-state index contributed by atoms with van der Waals surface area (Å²) in [5.74, 6) is 0.913. The molecule has 2 unspecified atom stereocenters. The van der Waals surface area contributed by atoms with Crippen LogP contribution >= 0.6 is 15.9 Å². The zero-order valence-corrected chi connectivity index (χ0v) is 9.50. The smallest absolute Gasteiger partial charge is 0.169 e. The van der Waals surface area contributed by atoms with E-state index in [2.05, 4.69) is 15.9 Å². The van der Waals surface area contributed by atoms with Crippen molar-refractivity contribution in [1.82, 2.24) is 0 Å². The molecule has 1 aromatic rings. The second-order valence-corrected chi connectivity index (χ2v) is 4.32. The van der Waals surface area contributed by atoms with E-state index in [1.165, 1.54) is 0 Å². The third kappa shape index (κ3) is 2.19. The van der Waals surface area contributed by atoms with Crippen LogP contribution in [0.5, 0.6) is 0 Å². The van der Waals surface area contributed by atoms with Gasteiger partial charge in [-0.3, -0.25) is 0 Å². The molecular formula is C10H14BrNO2. The predicted octanol–water partition coefficient (Wildman–Crippen LogP) is 2.61. The van der Waals surface area contributed by atoms with Crippen molar-refractivity contribution in [3.8, 4) is 0 Å². The molecule has 0 spiro atoms. The van der Waals surface area contributed by atoms with E-state index in [-0.39, 0.29) is 6.10 Å². The number of rotatable bonds is 3. The number of halogens is 1. The Hall–Kier alpha value is -0.320. The van der Waals surface area contributed by atoms with Crippen LogP contribution in [-0.4, -0.2) is 12.6 Å². The van der Waals surface area contributed by atoms with Crippen molar-refractivity contribution in [2.45, 2.75) is 31.5 Å². The summed E-state index contributed by atoms with van der Waals surface area (Å²) < 4.78 is 12.0. The summed E-state index contributed by atoms with van der Waals surface area (Å²) in [6, 6.07) is 3.86. The molecule has 0 radical (unpaired) electrons. The van der Waals surface area contributed by atoms with Crippen molar-refractivity contribution in [2.24, 2.45) is 5.73 Å². The fourth-order valence-corrected chi connectivity index (χ4v) is 2.13. The third-order valence-corrected chi connectivity index (χ3v) is 2.93. The maximum atomic E-state index is 5.81. The Balaban J connectivity index is 1.95. The first kappa shape index (κ1) is 10.2. The van der Waals surface area contributed by atoms with E-state index in [0.29, 0.717) is 12.6 Å². The number of hydrogen-bond donors (Lipinski definition) is 1. The van der Waals surface area contributed by atoms with Crippen LogP contribution in [0.15, 0.2) is 21.2 Å². The lowest BCUT2D eigenvalue weighted by Gasteiger charge is -2.10. The SMILES string of the molecule is NCCC1CCC(c2ccc(Br)o2)O1. The molecule has 0 saturated carbocycles. The van der Waals surface area contributed by atoms with Gasteiger partial charge in [-0.1, -0.05) is 0 Å². The molecule has 0 aliphatic carbocycles. The van der Waals surface area contributed by atoms with Crippen LogP contribution in [0.25, 0.3) is 0 Å². The molecule has 1 fully saturated rings. The predicted molar refractivity (Wildman–Crippen MR) is 56.9 cm³/mol. The van der Waals surface area contributed by atoms with Gasteiger partial charge in [-0.2, -0.15) is 0 Å². The van der Waals surface area contributed by atoms with Crippen LogP contribution in [0.3, 0.4) is 0 Å². The van der Waals surface area contributed by atoms with Gasteiger partial charge < -0.3 is 14.9 Å². The average Bonchev–Trinajstić information content (AvgIpc) is 2.74. The minimum Gasteiger partial charge on any atom is -0.452 e. The number of hydrogen-bond acceptors (Lipinski definition) is 3. The van der Waals surface area contributed by atoms with E-state index in [9.17, 15) is 0 Å². The zero-order valence-electron chi connectivity index (χ0n) is 7.91. The maximum Gasteiger partial charge on any atom is 0.169 e. The van der Waals surface area contributed by atoms with Gasteiger partial charge in [0.1, 0.15) is 11.9 Å². The third-order valence-electron chi connectivity index (χ3n) is 2.51. The van der Waals surface area contributed by atoms with E-state index >= 15 is 0 Å². The highest BCUT2D eigenvalue weighted by atomic mass is 79.9. The number of nitrogens with two attached hydrogens (primary N) is 1. The standard InChI is InChI=1S/C10H14BrNO2/c11-10-4-3-9(14-10)8-2-1-7(13-8)5-6-12/h3-4,7-8H,1-2,5-6,12H2. The molecule has 0 amide bonds. The summed E-state index contributed by atoms with van der Waals surface area (Å²) in [4.78, 5) is 0. The summed E-state index contributed by atoms with van der Waals surface area (Å²) >= 11 is 3.28. The second kappa shape index (κ2) is 4.47. The minimum absolute atomic E-state index is 0.123. The lowest BCUT2D eigenvalue weighted by molar-refractivity contribution is 0.0291. The number of furan rings is 1.